The minimum atomic E-state index is -0.301. The van der Waals surface area contributed by atoms with Crippen molar-refractivity contribution in [3.8, 4) is 5.75 Å². The summed E-state index contributed by atoms with van der Waals surface area (Å²) < 4.78 is 5.29. The second-order valence-corrected chi connectivity index (χ2v) is 13.3. The van der Waals surface area contributed by atoms with Gasteiger partial charge in [-0.15, -0.1) is 0 Å². The Kier molecular flexibility index (Phi) is 13.8. The Balaban J connectivity index is 0.000000238. The van der Waals surface area contributed by atoms with E-state index in [4.69, 9.17) is 33.7 Å². The van der Waals surface area contributed by atoms with Crippen LogP contribution in [-0.2, 0) is 0 Å². The van der Waals surface area contributed by atoms with Crippen LogP contribution in [0.2, 0.25) is 10.0 Å². The van der Waals surface area contributed by atoms with E-state index in [-0.39, 0.29) is 17.7 Å². The number of halogens is 2. The van der Waals surface area contributed by atoms with E-state index < -0.39 is 0 Å². The first-order valence-corrected chi connectivity index (χ1v) is 17.3. The number of hydrogen-bond acceptors (Lipinski definition) is 5. The molecule has 0 spiro atoms. The number of anilines is 2. The monoisotopic (exact) mass is 680 g/mol. The zero-order valence-electron chi connectivity index (χ0n) is 27.3. The van der Waals surface area contributed by atoms with Crippen molar-refractivity contribution in [2.24, 2.45) is 11.8 Å². The maximum absolute atomic E-state index is 12.8. The molecule has 0 atom stereocenters. The first kappa shape index (κ1) is 36.1. The van der Waals surface area contributed by atoms with Gasteiger partial charge in [-0.25, -0.2) is 0 Å². The normalized spacial score (nSPS) is 15.1. The minimum Gasteiger partial charge on any atom is -0.496 e. The van der Waals surface area contributed by atoms with E-state index in [2.05, 4.69) is 16.0 Å². The number of ether oxygens (including phenoxy) is 1. The first-order chi connectivity index (χ1) is 22.7. The molecule has 47 heavy (non-hydrogen) atoms. The SMILES string of the molecule is COc1cccc(C(=O)Nc2ccc(Cl)cc2C(=O)NCC2CCCCC2)c1C.Nc1ccc(Cl)cc1C(=O)NCC1CCCCC1. The van der Waals surface area contributed by atoms with Crippen molar-refractivity contribution >= 4 is 52.3 Å². The lowest BCUT2D eigenvalue weighted by atomic mass is 9.89. The van der Waals surface area contributed by atoms with Crippen LogP contribution in [0.1, 0.15) is 101 Å². The summed E-state index contributed by atoms with van der Waals surface area (Å²) in [6.07, 6.45) is 12.3. The summed E-state index contributed by atoms with van der Waals surface area (Å²) >= 11 is 12.0. The Morgan fingerprint density at radius 2 is 1.26 bits per heavy atom. The van der Waals surface area contributed by atoms with Crippen molar-refractivity contribution in [3.63, 3.8) is 0 Å². The third-order valence-electron chi connectivity index (χ3n) is 9.04. The molecule has 0 bridgehead atoms. The molecule has 10 heteroatoms. The van der Waals surface area contributed by atoms with Crippen molar-refractivity contribution in [2.45, 2.75) is 71.1 Å². The number of nitrogen functional groups attached to an aromatic ring is 1. The third kappa shape index (κ3) is 10.6. The van der Waals surface area contributed by atoms with E-state index >= 15 is 0 Å². The fourth-order valence-electron chi connectivity index (χ4n) is 6.26. The summed E-state index contributed by atoms with van der Waals surface area (Å²) in [5, 5.41) is 9.80. The summed E-state index contributed by atoms with van der Waals surface area (Å²) in [6, 6.07) is 15.2. The van der Waals surface area contributed by atoms with Crippen LogP contribution in [0.3, 0.4) is 0 Å². The molecular formula is C37H46Cl2N4O4. The van der Waals surface area contributed by atoms with Crippen LogP contribution in [0.5, 0.6) is 5.75 Å². The van der Waals surface area contributed by atoms with Gasteiger partial charge in [-0.3, -0.25) is 14.4 Å². The highest BCUT2D eigenvalue weighted by atomic mass is 35.5. The summed E-state index contributed by atoms with van der Waals surface area (Å²) in [5.41, 5.74) is 8.75. The number of carbonyl (C=O) groups excluding carboxylic acids is 3. The largest absolute Gasteiger partial charge is 0.496 e. The Morgan fingerprint density at radius 3 is 1.83 bits per heavy atom. The Hall–Kier alpha value is -3.75. The van der Waals surface area contributed by atoms with Crippen LogP contribution in [0.15, 0.2) is 54.6 Å². The van der Waals surface area contributed by atoms with Crippen LogP contribution in [0.4, 0.5) is 11.4 Å². The predicted molar refractivity (Wildman–Crippen MR) is 191 cm³/mol. The molecule has 0 aliphatic heterocycles. The van der Waals surface area contributed by atoms with Gasteiger partial charge >= 0.3 is 0 Å². The number of amides is 3. The maximum atomic E-state index is 12.8. The number of nitrogens with two attached hydrogens (primary N) is 1. The predicted octanol–water partition coefficient (Wildman–Crippen LogP) is 8.45. The van der Waals surface area contributed by atoms with Crippen LogP contribution in [-0.4, -0.2) is 37.9 Å². The van der Waals surface area contributed by atoms with Crippen LogP contribution in [0, 0.1) is 18.8 Å². The first-order valence-electron chi connectivity index (χ1n) is 16.5. The highest BCUT2D eigenvalue weighted by Crippen LogP contribution is 2.27. The molecule has 8 nitrogen and oxygen atoms in total. The Morgan fingerprint density at radius 1 is 0.723 bits per heavy atom. The lowest BCUT2D eigenvalue weighted by Gasteiger charge is -2.22. The van der Waals surface area contributed by atoms with Crippen molar-refractivity contribution in [1.82, 2.24) is 10.6 Å². The van der Waals surface area contributed by atoms with E-state index in [1.54, 1.807) is 61.7 Å². The molecule has 0 saturated heterocycles. The smallest absolute Gasteiger partial charge is 0.256 e. The van der Waals surface area contributed by atoms with Gasteiger partial charge in [-0.2, -0.15) is 0 Å². The van der Waals surface area contributed by atoms with Gasteiger partial charge in [0.05, 0.1) is 23.9 Å². The van der Waals surface area contributed by atoms with E-state index in [0.717, 1.165) is 24.9 Å². The highest BCUT2D eigenvalue weighted by molar-refractivity contribution is 6.31. The van der Waals surface area contributed by atoms with Gasteiger partial charge in [0.1, 0.15) is 5.75 Å². The molecule has 5 rings (SSSR count). The fraction of sp³-hybridized carbons (Fsp3) is 0.432. The van der Waals surface area contributed by atoms with Crippen molar-refractivity contribution in [1.29, 1.82) is 0 Å². The van der Waals surface area contributed by atoms with Gasteiger partial charge < -0.3 is 26.4 Å². The molecule has 5 N–H and O–H groups in total. The molecule has 0 heterocycles. The summed E-state index contributed by atoms with van der Waals surface area (Å²) in [7, 11) is 1.57. The van der Waals surface area contributed by atoms with E-state index in [1.165, 1.54) is 51.4 Å². The molecule has 2 fully saturated rings. The van der Waals surface area contributed by atoms with E-state index in [0.29, 0.717) is 62.2 Å². The molecule has 0 unspecified atom stereocenters. The fourth-order valence-corrected chi connectivity index (χ4v) is 6.60. The molecule has 3 aromatic carbocycles. The van der Waals surface area contributed by atoms with Crippen LogP contribution < -0.4 is 26.4 Å². The standard InChI is InChI=1S/C23H27ClN2O3.C14H19ClN2O/c1-15-18(9-6-10-21(15)29-2)23(28)26-20-12-11-17(24)13-19(20)22(27)25-14-16-7-4-3-5-8-16;15-11-6-7-13(16)12(8-11)14(18)17-9-10-4-2-1-3-5-10/h6,9-13,16H,3-5,7-8,14H2,1-2H3,(H,25,27)(H,26,28);6-8,10H,1-5,9,16H2,(H,17,18). The van der Waals surface area contributed by atoms with Crippen molar-refractivity contribution in [3.05, 3.63) is 86.9 Å². The second-order valence-electron chi connectivity index (χ2n) is 12.4. The Labute approximate surface area is 288 Å². The number of methoxy groups -OCH3 is 1. The summed E-state index contributed by atoms with van der Waals surface area (Å²) in [5.74, 6) is 1.12. The third-order valence-corrected chi connectivity index (χ3v) is 9.51. The average molecular weight is 682 g/mol. The minimum absolute atomic E-state index is 0.124. The van der Waals surface area contributed by atoms with E-state index in [9.17, 15) is 14.4 Å². The average Bonchev–Trinajstić information content (AvgIpc) is 3.09. The van der Waals surface area contributed by atoms with Gasteiger partial charge in [0.25, 0.3) is 17.7 Å². The summed E-state index contributed by atoms with van der Waals surface area (Å²) in [6.45, 7) is 3.21. The lowest BCUT2D eigenvalue weighted by Crippen LogP contribution is -2.31. The zero-order chi connectivity index (χ0) is 33.8. The van der Waals surface area contributed by atoms with Crippen LogP contribution >= 0.6 is 23.2 Å². The maximum Gasteiger partial charge on any atom is 0.256 e. The quantitative estimate of drug-likeness (QED) is 0.169. The number of nitrogens with one attached hydrogen (secondary N) is 3. The van der Waals surface area contributed by atoms with Crippen molar-refractivity contribution in [2.75, 3.05) is 31.2 Å². The molecule has 0 aromatic heterocycles. The number of rotatable bonds is 9. The summed E-state index contributed by atoms with van der Waals surface area (Å²) in [4.78, 5) is 37.7. The van der Waals surface area contributed by atoms with Crippen LogP contribution in [0.25, 0.3) is 0 Å². The molecule has 3 amide bonds. The highest BCUT2D eigenvalue weighted by Gasteiger charge is 2.20. The number of carbonyl (C=O) groups is 3. The lowest BCUT2D eigenvalue weighted by molar-refractivity contribution is 0.0936. The Bertz CT molecular complexity index is 1530. The van der Waals surface area contributed by atoms with Gasteiger partial charge in [0, 0.05) is 39.9 Å². The molecular weight excluding hydrogens is 635 g/mol. The topological polar surface area (TPSA) is 123 Å². The molecule has 2 aliphatic rings. The van der Waals surface area contributed by atoms with Gasteiger partial charge in [-0.05, 0) is 93.0 Å². The van der Waals surface area contributed by atoms with Gasteiger partial charge in [0.15, 0.2) is 0 Å². The zero-order valence-corrected chi connectivity index (χ0v) is 28.8. The molecule has 252 valence electrons. The van der Waals surface area contributed by atoms with Crippen molar-refractivity contribution < 1.29 is 19.1 Å². The second kappa shape index (κ2) is 18.0. The molecule has 2 saturated carbocycles. The molecule has 0 radical (unpaired) electrons. The molecule has 2 aliphatic carbocycles. The van der Waals surface area contributed by atoms with Gasteiger partial charge in [-0.1, -0.05) is 67.8 Å². The number of benzene rings is 3. The van der Waals surface area contributed by atoms with Gasteiger partial charge in [0.2, 0.25) is 0 Å². The number of hydrogen-bond donors (Lipinski definition) is 4. The van der Waals surface area contributed by atoms with E-state index in [1.807, 2.05) is 6.92 Å². The molecule has 3 aromatic rings.